The molecule has 1 heteroatoms. The van der Waals surface area contributed by atoms with Crippen molar-refractivity contribution >= 4 is 16.9 Å². The van der Waals surface area contributed by atoms with Crippen LogP contribution < -0.4 is 4.90 Å². The van der Waals surface area contributed by atoms with Gasteiger partial charge in [0.05, 0.1) is 11.7 Å². The van der Waals surface area contributed by atoms with Gasteiger partial charge < -0.3 is 4.90 Å². The van der Waals surface area contributed by atoms with Crippen LogP contribution in [0.4, 0.5) is 11.4 Å². The number of aryl methyl sites for hydroxylation is 1. The van der Waals surface area contributed by atoms with Crippen LogP contribution in [0.15, 0.2) is 54.6 Å². The number of anilines is 2. The van der Waals surface area contributed by atoms with Gasteiger partial charge in [-0.1, -0.05) is 42.0 Å². The molecule has 2 aromatic rings. The number of fused-ring (bicyclic) bond motifs is 3. The van der Waals surface area contributed by atoms with Crippen molar-refractivity contribution in [2.45, 2.75) is 19.4 Å². The lowest BCUT2D eigenvalue weighted by atomic mass is 9.95. The van der Waals surface area contributed by atoms with Gasteiger partial charge in [-0.05, 0) is 49.2 Å². The highest BCUT2D eigenvalue weighted by Crippen LogP contribution is 2.46. The van der Waals surface area contributed by atoms with E-state index in [0.29, 0.717) is 6.04 Å². The summed E-state index contributed by atoms with van der Waals surface area (Å²) in [4.78, 5) is 2.39. The molecule has 1 atom stereocenters. The smallest absolute Gasteiger partial charge is 0.0933 e. The lowest BCUT2D eigenvalue weighted by Crippen LogP contribution is -2.26. The Hall–Kier alpha value is -2.46. The molecule has 0 saturated carbocycles. The Morgan fingerprint density at radius 1 is 1.25 bits per heavy atom. The number of hydrogen-bond donors (Lipinski definition) is 0. The molecule has 0 N–H and O–H groups in total. The number of nitrogens with zero attached hydrogens (tertiary/aromatic N) is 1. The normalized spacial score (nSPS) is 19.1. The minimum absolute atomic E-state index is 0.392. The predicted octanol–water partition coefficient (Wildman–Crippen LogP) is 4.46. The maximum absolute atomic E-state index is 3.25. The first-order valence-electron chi connectivity index (χ1n) is 7.00. The molecular weight excluding hydrogens is 242 g/mol. The molecule has 96 valence electrons. The number of hydrogen-bond acceptors (Lipinski definition) is 1. The third-order valence-corrected chi connectivity index (χ3v) is 4.06. The second kappa shape index (κ2) is 4.28. The van der Waals surface area contributed by atoms with E-state index in [9.17, 15) is 0 Å². The quantitative estimate of drug-likeness (QED) is 0.729. The van der Waals surface area contributed by atoms with Crippen molar-refractivity contribution in [3.8, 4) is 0 Å². The monoisotopic (exact) mass is 257 g/mol. The summed E-state index contributed by atoms with van der Waals surface area (Å²) in [6.45, 7) is 2.15. The third kappa shape index (κ3) is 1.58. The first-order valence-corrected chi connectivity index (χ1v) is 7.00. The Bertz CT molecular complexity index is 710. The van der Waals surface area contributed by atoms with Crippen LogP contribution in [-0.4, -0.2) is 6.04 Å². The van der Waals surface area contributed by atoms with Crippen molar-refractivity contribution in [2.75, 3.05) is 4.90 Å². The molecule has 20 heavy (non-hydrogen) atoms. The Balaban J connectivity index is 1.93. The molecule has 0 fully saturated rings. The Morgan fingerprint density at radius 2 is 2.20 bits per heavy atom. The highest BCUT2D eigenvalue weighted by atomic mass is 15.2. The molecule has 0 spiro atoms. The second-order valence-electron chi connectivity index (χ2n) is 5.37. The molecule has 0 amide bonds. The fourth-order valence-corrected chi connectivity index (χ4v) is 3.17. The van der Waals surface area contributed by atoms with Crippen LogP contribution in [0.3, 0.4) is 0 Å². The average Bonchev–Trinajstić information content (AvgIpc) is 2.82. The third-order valence-electron chi connectivity index (χ3n) is 4.06. The lowest BCUT2D eigenvalue weighted by Gasteiger charge is -2.27. The van der Waals surface area contributed by atoms with E-state index in [4.69, 9.17) is 0 Å². The minimum atomic E-state index is 0.392. The molecule has 0 bridgehead atoms. The highest BCUT2D eigenvalue weighted by molar-refractivity contribution is 5.93. The van der Waals surface area contributed by atoms with Gasteiger partial charge in [-0.25, -0.2) is 0 Å². The summed E-state index contributed by atoms with van der Waals surface area (Å²) < 4.78 is 0. The Labute approximate surface area is 119 Å². The van der Waals surface area contributed by atoms with Gasteiger partial charge in [0.25, 0.3) is 0 Å². The number of benzene rings is 1. The molecule has 0 radical (unpaired) electrons. The van der Waals surface area contributed by atoms with E-state index in [2.05, 4.69) is 66.4 Å². The zero-order valence-corrected chi connectivity index (χ0v) is 11.4. The van der Waals surface area contributed by atoms with E-state index < -0.39 is 0 Å². The summed E-state index contributed by atoms with van der Waals surface area (Å²) in [7, 11) is 0. The summed E-state index contributed by atoms with van der Waals surface area (Å²) in [6.07, 6.45) is 7.70. The molecule has 1 aliphatic heterocycles. The molecule has 1 heterocycles. The molecule has 0 saturated heterocycles. The van der Waals surface area contributed by atoms with Crippen molar-refractivity contribution < 1.29 is 0 Å². The van der Waals surface area contributed by atoms with E-state index in [0.717, 1.165) is 12.1 Å². The summed E-state index contributed by atoms with van der Waals surface area (Å²) in [5.41, 5.74) is 6.47. The topological polar surface area (TPSA) is 3.24 Å². The van der Waals surface area contributed by atoms with E-state index in [1.807, 2.05) is 12.1 Å². The van der Waals surface area contributed by atoms with Gasteiger partial charge in [0, 0.05) is 11.3 Å². The van der Waals surface area contributed by atoms with E-state index in [-0.39, 0.29) is 0 Å². The Morgan fingerprint density at radius 3 is 3.05 bits per heavy atom. The summed E-state index contributed by atoms with van der Waals surface area (Å²) >= 11 is 0. The van der Waals surface area contributed by atoms with Crippen LogP contribution in [-0.2, 0) is 0 Å². The largest absolute Gasteiger partial charge is 0.326 e. The summed E-state index contributed by atoms with van der Waals surface area (Å²) in [6, 6.07) is 19.5. The lowest BCUT2D eigenvalue weighted by molar-refractivity contribution is 0.830. The maximum Gasteiger partial charge on any atom is 0.0933 e. The van der Waals surface area contributed by atoms with E-state index in [1.165, 1.54) is 22.4 Å². The van der Waals surface area contributed by atoms with Gasteiger partial charge in [-0.15, -0.1) is 0 Å². The minimum Gasteiger partial charge on any atom is -0.326 e. The van der Waals surface area contributed by atoms with Crippen LogP contribution >= 0.6 is 0 Å². The summed E-state index contributed by atoms with van der Waals surface area (Å²) in [5, 5.41) is 0. The molecule has 2 aliphatic rings. The number of rotatable bonds is 1. The van der Waals surface area contributed by atoms with Crippen LogP contribution in [0.2, 0.25) is 0 Å². The van der Waals surface area contributed by atoms with Gasteiger partial charge in [0.2, 0.25) is 0 Å². The van der Waals surface area contributed by atoms with Crippen LogP contribution in [0.5, 0.6) is 0 Å². The average molecular weight is 257 g/mol. The SMILES string of the molecule is Cc1ccc2c(c1)C1=CC=CCC1N2c1c#cccc1. The van der Waals surface area contributed by atoms with Crippen molar-refractivity contribution in [3.05, 3.63) is 77.9 Å². The maximum atomic E-state index is 3.25. The molecule has 1 nitrogen and oxygen atoms in total. The number of allylic oxidation sites excluding steroid dienone is 2. The highest BCUT2D eigenvalue weighted by Gasteiger charge is 2.34. The van der Waals surface area contributed by atoms with Crippen molar-refractivity contribution in [2.24, 2.45) is 0 Å². The molecule has 1 unspecified atom stereocenters. The van der Waals surface area contributed by atoms with E-state index in [1.54, 1.807) is 0 Å². The first-order chi connectivity index (χ1) is 9.84. The van der Waals surface area contributed by atoms with Crippen molar-refractivity contribution in [1.29, 1.82) is 0 Å². The molecule has 2 aromatic carbocycles. The molecule has 4 rings (SSSR count). The zero-order chi connectivity index (χ0) is 13.5. The van der Waals surface area contributed by atoms with Crippen LogP contribution in [0.1, 0.15) is 17.5 Å². The standard InChI is InChI=1S/C19H15N/c1-14-11-12-19-17(13-14)16-9-5-6-10-18(16)20(19)15-7-3-2-4-8-15/h2-3,5-7,9,11-13,18H,10H2,1H3. The van der Waals surface area contributed by atoms with Crippen molar-refractivity contribution in [3.63, 3.8) is 0 Å². The van der Waals surface area contributed by atoms with Gasteiger partial charge in [0.15, 0.2) is 0 Å². The second-order valence-corrected chi connectivity index (χ2v) is 5.37. The van der Waals surface area contributed by atoms with E-state index >= 15 is 0 Å². The van der Waals surface area contributed by atoms with Crippen LogP contribution in [0, 0.1) is 19.1 Å². The first kappa shape index (κ1) is 11.4. The van der Waals surface area contributed by atoms with Gasteiger partial charge in [-0.2, -0.15) is 0 Å². The Kier molecular flexibility index (Phi) is 2.44. The fourth-order valence-electron chi connectivity index (χ4n) is 3.17. The molecular formula is C19H15N. The summed E-state index contributed by atoms with van der Waals surface area (Å²) in [5.74, 6) is 0. The van der Waals surface area contributed by atoms with Gasteiger partial charge >= 0.3 is 0 Å². The van der Waals surface area contributed by atoms with Gasteiger partial charge in [0.1, 0.15) is 0 Å². The van der Waals surface area contributed by atoms with Crippen molar-refractivity contribution in [1.82, 2.24) is 0 Å². The molecule has 1 aliphatic carbocycles. The predicted molar refractivity (Wildman–Crippen MR) is 83.0 cm³/mol. The zero-order valence-electron chi connectivity index (χ0n) is 11.4. The van der Waals surface area contributed by atoms with Gasteiger partial charge in [-0.3, -0.25) is 0 Å². The molecule has 0 aromatic heterocycles. The van der Waals surface area contributed by atoms with Crippen LogP contribution in [0.25, 0.3) is 5.57 Å². The fraction of sp³-hybridized carbons (Fsp3) is 0.158.